The van der Waals surface area contributed by atoms with E-state index in [2.05, 4.69) is 148 Å². The first-order valence-corrected chi connectivity index (χ1v) is 30.4. The van der Waals surface area contributed by atoms with Crippen LogP contribution < -0.4 is 0 Å². The molecule has 10 heteroatoms. The van der Waals surface area contributed by atoms with Gasteiger partial charge in [0.1, 0.15) is 19.8 Å². The summed E-state index contributed by atoms with van der Waals surface area (Å²) >= 11 is 0. The Kier molecular flexibility index (Phi) is 51.2. The van der Waals surface area contributed by atoms with Crippen molar-refractivity contribution in [1.82, 2.24) is 0 Å². The van der Waals surface area contributed by atoms with Crippen molar-refractivity contribution in [3.05, 3.63) is 134 Å². The molecular weight excluding hydrogens is 942 g/mol. The van der Waals surface area contributed by atoms with Gasteiger partial charge in [0.2, 0.25) is 0 Å². The smallest absolute Gasteiger partial charge is 0.462 e. The molecule has 0 bridgehead atoms. The zero-order chi connectivity index (χ0) is 54.2. The Morgan fingerprint density at radius 3 is 1.12 bits per heavy atom. The Hall–Kier alpha value is -3.85. The van der Waals surface area contributed by atoms with E-state index in [1.54, 1.807) is 0 Å². The number of ether oxygens (including phenoxy) is 2. The summed E-state index contributed by atoms with van der Waals surface area (Å²) in [5, 5.41) is 0. The molecule has 0 amide bonds. The third kappa shape index (κ3) is 57.4. The second-order valence-corrected chi connectivity index (χ2v) is 21.4. The monoisotopic (exact) mass is 1050 g/mol. The SMILES string of the molecule is CC/C=C\C/C=C\C/C=C\C/C=C\C/C=C\C/C=C\CCCCCCCCCCCCCCCCC(=O)OC(COC(=O)CCC/C=C\C/C=C\C/C=C\C/C=C\C/C=C\CC)COP(=O)(O)OCC[N+](C)(C)C. The van der Waals surface area contributed by atoms with Gasteiger partial charge < -0.3 is 18.9 Å². The van der Waals surface area contributed by atoms with E-state index < -0.39 is 32.5 Å². The summed E-state index contributed by atoms with van der Waals surface area (Å²) in [5.41, 5.74) is 0. The standard InChI is InChI=1S/C64H106NO8P/c1-6-8-10-12-14-16-18-20-22-24-25-26-27-28-29-30-31-32-33-34-35-36-37-38-39-41-43-45-47-49-51-53-55-57-64(67)73-62(61-72-74(68,69)71-59-58-65(3,4)5)60-70-63(66)56-54-52-50-48-46-44-42-40-23-21-19-17-15-13-11-9-7-2/h8-11,14-17,20-23,25-26,28-29,31-32,42,44,48,50,62H,6-7,12-13,18-19,24,27,30,33-41,43,45-47,49,51-61H2,1-5H3/p+1/b10-8-,11-9-,16-14-,17-15-,22-20-,23-21-,26-25-,29-28-,32-31-,44-42-,50-48-. The molecule has 0 saturated heterocycles. The first-order chi connectivity index (χ1) is 36.0. The van der Waals surface area contributed by atoms with Gasteiger partial charge in [0.25, 0.3) is 0 Å². The predicted molar refractivity (Wildman–Crippen MR) is 316 cm³/mol. The van der Waals surface area contributed by atoms with Crippen LogP contribution in [0.3, 0.4) is 0 Å². The van der Waals surface area contributed by atoms with Crippen molar-refractivity contribution in [2.75, 3.05) is 47.5 Å². The topological polar surface area (TPSA) is 108 Å². The molecule has 0 saturated carbocycles. The maximum atomic E-state index is 12.8. The van der Waals surface area contributed by atoms with Gasteiger partial charge in [-0.05, 0) is 103 Å². The zero-order valence-corrected chi connectivity index (χ0v) is 48.4. The van der Waals surface area contributed by atoms with E-state index in [1.165, 1.54) is 70.6 Å². The molecular formula is C64H107NO8P+. The first-order valence-electron chi connectivity index (χ1n) is 28.9. The summed E-state index contributed by atoms with van der Waals surface area (Å²) in [4.78, 5) is 35.6. The van der Waals surface area contributed by atoms with Crippen molar-refractivity contribution >= 4 is 19.8 Å². The third-order valence-electron chi connectivity index (χ3n) is 11.7. The van der Waals surface area contributed by atoms with Crippen LogP contribution in [0.25, 0.3) is 0 Å². The minimum absolute atomic E-state index is 0.0162. The number of likely N-dealkylation sites (N-methyl/N-ethyl adjacent to an activating group) is 1. The van der Waals surface area contributed by atoms with Crippen LogP contribution in [-0.2, 0) is 32.7 Å². The van der Waals surface area contributed by atoms with E-state index >= 15 is 0 Å². The molecule has 9 nitrogen and oxygen atoms in total. The van der Waals surface area contributed by atoms with Crippen LogP contribution in [0.2, 0.25) is 0 Å². The molecule has 74 heavy (non-hydrogen) atoms. The first kappa shape index (κ1) is 70.1. The van der Waals surface area contributed by atoms with Crippen molar-refractivity contribution < 1.29 is 42.1 Å². The van der Waals surface area contributed by atoms with Gasteiger partial charge in [-0.2, -0.15) is 0 Å². The van der Waals surface area contributed by atoms with Crippen LogP contribution in [0.4, 0.5) is 0 Å². The van der Waals surface area contributed by atoms with E-state index in [0.29, 0.717) is 23.9 Å². The lowest BCUT2D eigenvalue weighted by atomic mass is 10.0. The van der Waals surface area contributed by atoms with Crippen molar-refractivity contribution in [3.8, 4) is 0 Å². The molecule has 0 aliphatic heterocycles. The Morgan fingerprint density at radius 1 is 0.419 bits per heavy atom. The number of hydrogen-bond donors (Lipinski definition) is 1. The van der Waals surface area contributed by atoms with Crippen molar-refractivity contribution in [1.29, 1.82) is 0 Å². The molecule has 0 aromatic rings. The van der Waals surface area contributed by atoms with Crippen molar-refractivity contribution in [2.24, 2.45) is 0 Å². The fraction of sp³-hybridized carbons (Fsp3) is 0.625. The van der Waals surface area contributed by atoms with Crippen molar-refractivity contribution in [3.63, 3.8) is 0 Å². The quantitative estimate of drug-likeness (QED) is 0.0211. The summed E-state index contributed by atoms with van der Waals surface area (Å²) in [5.74, 6) is -0.875. The van der Waals surface area contributed by atoms with Gasteiger partial charge in [-0.15, -0.1) is 0 Å². The van der Waals surface area contributed by atoms with Gasteiger partial charge in [-0.25, -0.2) is 4.57 Å². The number of rotatable bonds is 51. The maximum absolute atomic E-state index is 12.8. The van der Waals surface area contributed by atoms with Crippen LogP contribution in [0.1, 0.15) is 206 Å². The Morgan fingerprint density at radius 2 is 0.743 bits per heavy atom. The fourth-order valence-corrected chi connectivity index (χ4v) is 8.03. The summed E-state index contributed by atoms with van der Waals surface area (Å²) < 4.78 is 34.5. The number of quaternary nitrogens is 1. The molecule has 0 aliphatic rings. The number of carbonyl (C=O) groups is 2. The highest BCUT2D eigenvalue weighted by atomic mass is 31.2. The minimum Gasteiger partial charge on any atom is -0.462 e. The summed E-state index contributed by atoms with van der Waals surface area (Å²) in [6.07, 6.45) is 78.2. The largest absolute Gasteiger partial charge is 0.472 e. The fourth-order valence-electron chi connectivity index (χ4n) is 7.29. The van der Waals surface area contributed by atoms with E-state index in [1.807, 2.05) is 21.1 Å². The number of phosphoric acid groups is 1. The molecule has 0 spiro atoms. The number of esters is 2. The highest BCUT2D eigenvalue weighted by Crippen LogP contribution is 2.43. The van der Waals surface area contributed by atoms with Gasteiger partial charge in [-0.3, -0.25) is 18.6 Å². The van der Waals surface area contributed by atoms with Crippen LogP contribution in [0, 0.1) is 0 Å². The lowest BCUT2D eigenvalue weighted by Gasteiger charge is -2.24. The normalized spacial score (nSPS) is 14.3. The number of carbonyl (C=O) groups excluding carboxylic acids is 2. The van der Waals surface area contributed by atoms with Gasteiger partial charge in [-0.1, -0.05) is 225 Å². The molecule has 420 valence electrons. The molecule has 0 aliphatic carbocycles. The summed E-state index contributed by atoms with van der Waals surface area (Å²) in [6.45, 7) is 4.12. The molecule has 0 aromatic carbocycles. The number of phosphoric ester groups is 1. The van der Waals surface area contributed by atoms with E-state index in [4.69, 9.17) is 18.5 Å². The second-order valence-electron chi connectivity index (χ2n) is 19.9. The molecule has 0 heterocycles. The number of allylic oxidation sites excluding steroid dienone is 22. The van der Waals surface area contributed by atoms with Crippen LogP contribution in [0.5, 0.6) is 0 Å². The van der Waals surface area contributed by atoms with Crippen LogP contribution in [-0.4, -0.2) is 74.9 Å². The van der Waals surface area contributed by atoms with Gasteiger partial charge in [0.15, 0.2) is 6.10 Å². The lowest BCUT2D eigenvalue weighted by Crippen LogP contribution is -2.37. The summed E-state index contributed by atoms with van der Waals surface area (Å²) in [6, 6.07) is 0. The number of unbranched alkanes of at least 4 members (excludes halogenated alkanes) is 15. The van der Waals surface area contributed by atoms with Gasteiger partial charge in [0, 0.05) is 12.8 Å². The maximum Gasteiger partial charge on any atom is 0.472 e. The van der Waals surface area contributed by atoms with Crippen LogP contribution >= 0.6 is 7.82 Å². The van der Waals surface area contributed by atoms with Crippen LogP contribution in [0.15, 0.2) is 134 Å². The lowest BCUT2D eigenvalue weighted by molar-refractivity contribution is -0.870. The highest BCUT2D eigenvalue weighted by Gasteiger charge is 2.27. The molecule has 0 aromatic heterocycles. The minimum atomic E-state index is -4.41. The Labute approximate surface area is 453 Å². The highest BCUT2D eigenvalue weighted by molar-refractivity contribution is 7.47. The number of hydrogen-bond acceptors (Lipinski definition) is 7. The summed E-state index contributed by atoms with van der Waals surface area (Å²) in [7, 11) is 1.43. The Balaban J connectivity index is 4.18. The molecule has 2 unspecified atom stereocenters. The molecule has 2 atom stereocenters. The van der Waals surface area contributed by atoms with E-state index in [-0.39, 0.29) is 26.1 Å². The zero-order valence-electron chi connectivity index (χ0n) is 47.5. The second kappa shape index (κ2) is 54.0. The average Bonchev–Trinajstić information content (AvgIpc) is 3.36. The molecule has 0 fully saturated rings. The van der Waals surface area contributed by atoms with Gasteiger partial charge in [0.05, 0.1) is 27.7 Å². The predicted octanol–water partition coefficient (Wildman–Crippen LogP) is 18.1. The number of nitrogens with zero attached hydrogens (tertiary/aromatic N) is 1. The van der Waals surface area contributed by atoms with Crippen molar-refractivity contribution in [2.45, 2.75) is 213 Å². The Bertz CT molecular complexity index is 1710. The molecule has 1 N–H and O–H groups in total. The molecule has 0 radical (unpaired) electrons. The van der Waals surface area contributed by atoms with Gasteiger partial charge >= 0.3 is 19.8 Å². The van der Waals surface area contributed by atoms with E-state index in [0.717, 1.165) is 96.3 Å². The molecule has 0 rings (SSSR count). The third-order valence-corrected chi connectivity index (χ3v) is 12.7. The van der Waals surface area contributed by atoms with E-state index in [9.17, 15) is 19.0 Å². The average molecular weight is 1050 g/mol.